The van der Waals surface area contributed by atoms with Gasteiger partial charge in [0, 0.05) is 28.1 Å². The smallest absolute Gasteiger partial charge is 0.238 e. The van der Waals surface area contributed by atoms with Crippen LogP contribution in [0.4, 0.5) is 5.69 Å². The molecule has 0 bridgehead atoms. The minimum atomic E-state index is -1.22. The second-order valence-corrected chi connectivity index (χ2v) is 9.10. The number of carbonyl (C=O) groups excluding carboxylic acids is 3. The Labute approximate surface area is 196 Å². The van der Waals surface area contributed by atoms with Crippen LogP contribution in [0.3, 0.4) is 0 Å². The van der Waals surface area contributed by atoms with Crippen molar-refractivity contribution in [3.05, 3.63) is 75.8 Å². The van der Waals surface area contributed by atoms with Crippen molar-refractivity contribution in [1.29, 1.82) is 0 Å². The minimum absolute atomic E-state index is 0.0105. The third-order valence-corrected chi connectivity index (χ3v) is 6.93. The van der Waals surface area contributed by atoms with Crippen LogP contribution in [0.5, 0.6) is 0 Å². The Morgan fingerprint density at radius 3 is 2.59 bits per heavy atom. The van der Waals surface area contributed by atoms with Gasteiger partial charge in [0.2, 0.25) is 17.7 Å². The number of hydrogen-bond donors (Lipinski definition) is 2. The maximum atomic E-state index is 13.9. The highest BCUT2D eigenvalue weighted by atomic mass is 35.5. The van der Waals surface area contributed by atoms with Crippen molar-refractivity contribution in [1.82, 2.24) is 4.90 Å². The molecule has 0 aromatic heterocycles. The van der Waals surface area contributed by atoms with Crippen LogP contribution in [0.15, 0.2) is 54.6 Å². The normalized spacial score (nSPS) is 24.4. The zero-order valence-electron chi connectivity index (χ0n) is 17.5. The fourth-order valence-corrected chi connectivity index (χ4v) is 5.54. The molecule has 32 heavy (non-hydrogen) atoms. The number of amides is 3. The van der Waals surface area contributed by atoms with Gasteiger partial charge in [-0.25, -0.2) is 0 Å². The van der Waals surface area contributed by atoms with Crippen molar-refractivity contribution in [3.63, 3.8) is 0 Å². The van der Waals surface area contributed by atoms with Gasteiger partial charge in [0.15, 0.2) is 0 Å². The molecule has 1 fully saturated rings. The molecule has 3 atom stereocenters. The fourth-order valence-electron chi connectivity index (χ4n) is 5.17. The predicted octanol–water partition coefficient (Wildman–Crippen LogP) is 4.02. The van der Waals surface area contributed by atoms with Crippen LogP contribution in [-0.4, -0.2) is 35.2 Å². The molecule has 2 aliphatic heterocycles. The molecule has 2 aromatic carbocycles. The Morgan fingerprint density at radius 2 is 1.94 bits per heavy atom. The summed E-state index contributed by atoms with van der Waals surface area (Å²) in [5.74, 6) is -1.73. The lowest BCUT2D eigenvalue weighted by atomic mass is 9.58. The average molecular weight is 472 g/mol. The van der Waals surface area contributed by atoms with Gasteiger partial charge < -0.3 is 16.0 Å². The van der Waals surface area contributed by atoms with Crippen LogP contribution in [0.1, 0.15) is 36.8 Å². The van der Waals surface area contributed by atoms with Gasteiger partial charge in [0.25, 0.3) is 0 Å². The van der Waals surface area contributed by atoms with Gasteiger partial charge >= 0.3 is 0 Å². The number of halogens is 2. The number of piperidine rings is 1. The Bertz CT molecular complexity index is 1150. The molecule has 166 valence electrons. The third kappa shape index (κ3) is 3.38. The molecule has 4 rings (SSSR count). The summed E-state index contributed by atoms with van der Waals surface area (Å²) in [5.41, 5.74) is 6.98. The van der Waals surface area contributed by atoms with Crippen LogP contribution < -0.4 is 11.1 Å². The fraction of sp³-hybridized carbons (Fsp3) is 0.292. The number of likely N-dealkylation sites (tertiary alicyclic amines) is 1. The van der Waals surface area contributed by atoms with Gasteiger partial charge in [0.1, 0.15) is 5.41 Å². The van der Waals surface area contributed by atoms with E-state index in [9.17, 15) is 14.4 Å². The first-order valence-electron chi connectivity index (χ1n) is 10.3. The van der Waals surface area contributed by atoms with Gasteiger partial charge in [-0.1, -0.05) is 60.5 Å². The third-order valence-electron chi connectivity index (χ3n) is 6.46. The molecule has 3 amide bonds. The quantitative estimate of drug-likeness (QED) is 0.644. The van der Waals surface area contributed by atoms with Gasteiger partial charge in [-0.2, -0.15) is 0 Å². The second kappa shape index (κ2) is 8.26. The number of nitrogens with two attached hydrogens (primary N) is 1. The molecule has 6 nitrogen and oxygen atoms in total. The van der Waals surface area contributed by atoms with Gasteiger partial charge in [0.05, 0.1) is 12.6 Å². The largest absolute Gasteiger partial charge is 0.368 e. The van der Waals surface area contributed by atoms with Crippen LogP contribution in [0.2, 0.25) is 10.0 Å². The zero-order chi connectivity index (χ0) is 23.2. The summed E-state index contributed by atoms with van der Waals surface area (Å²) in [6.45, 7) is 5.80. The minimum Gasteiger partial charge on any atom is -0.368 e. The van der Waals surface area contributed by atoms with Crippen LogP contribution in [0, 0.1) is 0 Å². The summed E-state index contributed by atoms with van der Waals surface area (Å²) in [6.07, 6.45) is 0.518. The molecular weight excluding hydrogens is 449 g/mol. The first-order valence-corrected chi connectivity index (χ1v) is 11.1. The predicted molar refractivity (Wildman–Crippen MR) is 125 cm³/mol. The molecule has 2 heterocycles. The standard InChI is InChI=1S/C24H23Cl2N3O3/c1-3-13(2)22-24(17-8-7-16(26)10-19(17)28-23(24)32)18(14-5-4-6-15(25)9-14)11-21(31)29(22)12-20(27)30/h4-10,18,22H,2-3,11-12H2,1H3,(H2,27,30)(H,28,32). The lowest BCUT2D eigenvalue weighted by molar-refractivity contribution is -0.146. The van der Waals surface area contributed by atoms with E-state index in [2.05, 4.69) is 11.9 Å². The van der Waals surface area contributed by atoms with Crippen molar-refractivity contribution >= 4 is 46.6 Å². The highest BCUT2D eigenvalue weighted by Gasteiger charge is 2.63. The van der Waals surface area contributed by atoms with E-state index in [0.29, 0.717) is 33.3 Å². The molecule has 2 aliphatic rings. The second-order valence-electron chi connectivity index (χ2n) is 8.23. The first-order chi connectivity index (χ1) is 15.2. The van der Waals surface area contributed by atoms with Crippen molar-refractivity contribution in [2.45, 2.75) is 37.1 Å². The number of benzene rings is 2. The van der Waals surface area contributed by atoms with Crippen molar-refractivity contribution in [3.8, 4) is 0 Å². The molecular formula is C24H23Cl2N3O3. The Kier molecular flexibility index (Phi) is 5.77. The summed E-state index contributed by atoms with van der Waals surface area (Å²) >= 11 is 12.5. The molecule has 3 unspecified atom stereocenters. The zero-order valence-corrected chi connectivity index (χ0v) is 19.0. The maximum Gasteiger partial charge on any atom is 0.238 e. The van der Waals surface area contributed by atoms with Gasteiger partial charge in [-0.15, -0.1) is 0 Å². The number of fused-ring (bicyclic) bond motifs is 2. The highest BCUT2D eigenvalue weighted by molar-refractivity contribution is 6.31. The lowest BCUT2D eigenvalue weighted by Crippen LogP contribution is -2.64. The lowest BCUT2D eigenvalue weighted by Gasteiger charge is -2.51. The molecule has 0 radical (unpaired) electrons. The molecule has 3 N–H and O–H groups in total. The summed E-state index contributed by atoms with van der Waals surface area (Å²) in [7, 11) is 0. The topological polar surface area (TPSA) is 92.5 Å². The van der Waals surface area contributed by atoms with Crippen molar-refractivity contribution in [2.24, 2.45) is 5.73 Å². The van der Waals surface area contributed by atoms with E-state index < -0.39 is 23.3 Å². The number of nitrogens with one attached hydrogen (secondary N) is 1. The van der Waals surface area contributed by atoms with E-state index in [1.54, 1.807) is 36.4 Å². The molecule has 1 saturated heterocycles. The summed E-state index contributed by atoms with van der Waals surface area (Å²) < 4.78 is 0. The number of hydrogen-bond acceptors (Lipinski definition) is 3. The van der Waals surface area contributed by atoms with Crippen LogP contribution in [0.25, 0.3) is 0 Å². The van der Waals surface area contributed by atoms with E-state index in [-0.39, 0.29) is 24.8 Å². The Hall–Kier alpha value is -2.83. The molecule has 0 aliphatic carbocycles. The maximum absolute atomic E-state index is 13.9. The van der Waals surface area contributed by atoms with Crippen LogP contribution in [-0.2, 0) is 19.8 Å². The highest BCUT2D eigenvalue weighted by Crippen LogP contribution is 2.56. The molecule has 2 aromatic rings. The Balaban J connectivity index is 2.04. The van der Waals surface area contributed by atoms with Crippen molar-refractivity contribution < 1.29 is 14.4 Å². The summed E-state index contributed by atoms with van der Waals surface area (Å²) in [6, 6.07) is 11.6. The number of anilines is 1. The van der Waals surface area contributed by atoms with Crippen LogP contribution >= 0.6 is 23.2 Å². The number of carbonyl (C=O) groups is 3. The van der Waals surface area contributed by atoms with Crippen molar-refractivity contribution in [2.75, 3.05) is 11.9 Å². The van der Waals surface area contributed by atoms with E-state index in [1.165, 1.54) is 4.90 Å². The van der Waals surface area contributed by atoms with E-state index >= 15 is 0 Å². The number of primary amides is 1. The SMILES string of the molecule is C=C(CC)C1N(CC(N)=O)C(=O)CC(c2cccc(Cl)c2)C12C(=O)Nc1cc(Cl)ccc12. The Morgan fingerprint density at radius 1 is 1.22 bits per heavy atom. The summed E-state index contributed by atoms with van der Waals surface area (Å²) in [5, 5.41) is 3.94. The van der Waals surface area contributed by atoms with E-state index in [4.69, 9.17) is 28.9 Å². The van der Waals surface area contributed by atoms with E-state index in [1.807, 2.05) is 13.0 Å². The first kappa shape index (κ1) is 22.4. The van der Waals surface area contributed by atoms with E-state index in [0.717, 1.165) is 5.56 Å². The number of nitrogens with zero attached hydrogens (tertiary/aromatic N) is 1. The van der Waals surface area contributed by atoms with Gasteiger partial charge in [-0.05, 0) is 41.8 Å². The molecule has 0 saturated carbocycles. The number of rotatable bonds is 5. The summed E-state index contributed by atoms with van der Waals surface area (Å²) in [4.78, 5) is 40.5. The molecule has 8 heteroatoms. The monoisotopic (exact) mass is 471 g/mol. The average Bonchev–Trinajstić information content (AvgIpc) is 3.01. The van der Waals surface area contributed by atoms with Gasteiger partial charge in [-0.3, -0.25) is 14.4 Å². The molecule has 1 spiro atoms.